The van der Waals surface area contributed by atoms with Crippen LogP contribution in [0.25, 0.3) is 0 Å². The first kappa shape index (κ1) is 22.5. The fraction of sp³-hybridized carbons (Fsp3) is 0.500. The third-order valence-corrected chi connectivity index (χ3v) is 6.22. The minimum absolute atomic E-state index is 0.160. The monoisotopic (exact) mass is 449 g/mol. The van der Waals surface area contributed by atoms with Crippen molar-refractivity contribution in [3.05, 3.63) is 53.0 Å². The second-order valence-electron chi connectivity index (χ2n) is 8.47. The number of rotatable bonds is 4. The highest BCUT2D eigenvalue weighted by atomic mass is 19.4. The summed E-state index contributed by atoms with van der Waals surface area (Å²) < 4.78 is 38.1. The van der Waals surface area contributed by atoms with Crippen LogP contribution in [0.5, 0.6) is 0 Å². The van der Waals surface area contributed by atoms with Gasteiger partial charge in [0.2, 0.25) is 5.91 Å². The number of aliphatic hydroxyl groups is 1. The number of anilines is 1. The molecule has 1 unspecified atom stereocenters. The number of alkyl halides is 3. The number of nitrogens with two attached hydrogens (primary N) is 1. The summed E-state index contributed by atoms with van der Waals surface area (Å²) in [5, 5.41) is 10.2. The molecule has 172 valence electrons. The number of carbonyl (C=O) groups is 1. The van der Waals surface area contributed by atoms with Gasteiger partial charge in [0.05, 0.1) is 23.4 Å². The van der Waals surface area contributed by atoms with E-state index in [0.29, 0.717) is 43.9 Å². The standard InChI is InChI=1S/C22H26F3N5O2/c1-13-10-17(31)19-18(13)20(28-12-27-19)29-6-8-30(9-7-29)21(32)16(26)11-14-2-4-15(5-3-14)22(23,24)25/h2-5,12-13,16-17,31H,6-11,26H2,1H3/t13-,16?,17-/m1/s1. The van der Waals surface area contributed by atoms with Gasteiger partial charge in [-0.05, 0) is 36.5 Å². The molecule has 1 aromatic carbocycles. The second kappa shape index (κ2) is 8.67. The van der Waals surface area contributed by atoms with Crippen LogP contribution in [0.2, 0.25) is 0 Å². The molecule has 2 aliphatic rings. The van der Waals surface area contributed by atoms with E-state index in [1.807, 2.05) is 6.92 Å². The van der Waals surface area contributed by atoms with E-state index >= 15 is 0 Å². The Morgan fingerprint density at radius 3 is 2.47 bits per heavy atom. The molecule has 1 fully saturated rings. The van der Waals surface area contributed by atoms with Crippen molar-refractivity contribution in [3.63, 3.8) is 0 Å². The van der Waals surface area contributed by atoms with Crippen LogP contribution in [0, 0.1) is 0 Å². The number of fused-ring (bicyclic) bond motifs is 1. The number of aliphatic hydroxyl groups excluding tert-OH is 1. The molecule has 3 atom stereocenters. The molecule has 10 heteroatoms. The highest BCUT2D eigenvalue weighted by molar-refractivity contribution is 5.82. The van der Waals surface area contributed by atoms with Gasteiger partial charge in [0.1, 0.15) is 12.1 Å². The second-order valence-corrected chi connectivity index (χ2v) is 8.47. The number of benzene rings is 1. The van der Waals surface area contributed by atoms with Gasteiger partial charge < -0.3 is 20.6 Å². The van der Waals surface area contributed by atoms with Crippen molar-refractivity contribution in [2.75, 3.05) is 31.1 Å². The Labute approximate surface area is 184 Å². The van der Waals surface area contributed by atoms with Crippen molar-refractivity contribution in [3.8, 4) is 0 Å². The zero-order valence-corrected chi connectivity index (χ0v) is 17.7. The van der Waals surface area contributed by atoms with Crippen LogP contribution in [-0.2, 0) is 17.4 Å². The topological polar surface area (TPSA) is 95.6 Å². The smallest absolute Gasteiger partial charge is 0.387 e. The molecule has 2 heterocycles. The zero-order valence-electron chi connectivity index (χ0n) is 17.7. The van der Waals surface area contributed by atoms with Crippen LogP contribution in [0.3, 0.4) is 0 Å². The average molecular weight is 449 g/mol. The van der Waals surface area contributed by atoms with Crippen molar-refractivity contribution in [1.29, 1.82) is 0 Å². The number of amides is 1. The summed E-state index contributed by atoms with van der Waals surface area (Å²) in [5.74, 6) is 0.745. The number of aromatic nitrogens is 2. The number of piperazine rings is 1. The Balaban J connectivity index is 1.36. The fourth-order valence-electron chi connectivity index (χ4n) is 4.50. The van der Waals surface area contributed by atoms with Gasteiger partial charge in [-0.15, -0.1) is 0 Å². The summed E-state index contributed by atoms with van der Waals surface area (Å²) in [6, 6.07) is 3.90. The number of hydrogen-bond donors (Lipinski definition) is 2. The maximum Gasteiger partial charge on any atom is 0.416 e. The predicted molar refractivity (Wildman–Crippen MR) is 112 cm³/mol. The minimum Gasteiger partial charge on any atom is -0.387 e. The Morgan fingerprint density at radius 1 is 1.19 bits per heavy atom. The van der Waals surface area contributed by atoms with Crippen LogP contribution in [-0.4, -0.2) is 58.1 Å². The number of halogens is 3. The summed E-state index contributed by atoms with van der Waals surface area (Å²) in [5.41, 5.74) is 7.59. The lowest BCUT2D eigenvalue weighted by Gasteiger charge is -2.37. The fourth-order valence-corrected chi connectivity index (χ4v) is 4.50. The van der Waals surface area contributed by atoms with Crippen LogP contribution in [0.4, 0.5) is 19.0 Å². The molecule has 2 aromatic rings. The minimum atomic E-state index is -4.39. The molecule has 1 saturated heterocycles. The first-order chi connectivity index (χ1) is 15.1. The van der Waals surface area contributed by atoms with Crippen LogP contribution >= 0.6 is 0 Å². The van der Waals surface area contributed by atoms with Crippen molar-refractivity contribution in [1.82, 2.24) is 14.9 Å². The average Bonchev–Trinajstić information content (AvgIpc) is 3.07. The quantitative estimate of drug-likeness (QED) is 0.744. The third-order valence-electron chi connectivity index (χ3n) is 6.22. The molecule has 0 saturated carbocycles. The van der Waals surface area contributed by atoms with E-state index in [1.165, 1.54) is 18.5 Å². The number of hydrogen-bond acceptors (Lipinski definition) is 6. The molecule has 1 aliphatic carbocycles. The van der Waals surface area contributed by atoms with Gasteiger partial charge >= 0.3 is 6.18 Å². The SMILES string of the molecule is C[C@@H]1C[C@@H](O)c2ncnc(N3CCN(C(=O)C(N)Cc4ccc(C(F)(F)F)cc4)CC3)c21. The molecule has 0 radical (unpaired) electrons. The highest BCUT2D eigenvalue weighted by Crippen LogP contribution is 2.42. The molecule has 0 spiro atoms. The van der Waals surface area contributed by atoms with Gasteiger partial charge in [0, 0.05) is 31.7 Å². The van der Waals surface area contributed by atoms with Crippen molar-refractivity contribution in [2.45, 2.75) is 44.0 Å². The largest absolute Gasteiger partial charge is 0.416 e. The summed E-state index contributed by atoms with van der Waals surface area (Å²) in [4.78, 5) is 25.3. The Kier molecular flexibility index (Phi) is 6.09. The van der Waals surface area contributed by atoms with E-state index in [1.54, 1.807) is 4.90 Å². The lowest BCUT2D eigenvalue weighted by Crippen LogP contribution is -2.54. The van der Waals surface area contributed by atoms with Gasteiger partial charge in [-0.3, -0.25) is 4.79 Å². The molecule has 1 aliphatic heterocycles. The molecule has 4 rings (SSSR count). The number of carbonyl (C=O) groups excluding carboxylic acids is 1. The highest BCUT2D eigenvalue weighted by Gasteiger charge is 2.34. The maximum absolute atomic E-state index is 12.8. The van der Waals surface area contributed by atoms with Gasteiger partial charge in [0.15, 0.2) is 0 Å². The first-order valence-corrected chi connectivity index (χ1v) is 10.6. The summed E-state index contributed by atoms with van der Waals surface area (Å²) in [6.07, 6.45) is -2.71. The van der Waals surface area contributed by atoms with E-state index < -0.39 is 23.9 Å². The van der Waals surface area contributed by atoms with E-state index in [0.717, 1.165) is 23.5 Å². The lowest BCUT2D eigenvalue weighted by atomic mass is 10.0. The number of nitrogens with zero attached hydrogens (tertiary/aromatic N) is 4. The summed E-state index contributed by atoms with van der Waals surface area (Å²) >= 11 is 0. The van der Waals surface area contributed by atoms with E-state index in [-0.39, 0.29) is 18.2 Å². The van der Waals surface area contributed by atoms with Gasteiger partial charge in [-0.25, -0.2) is 9.97 Å². The Hall–Kier alpha value is -2.72. The summed E-state index contributed by atoms with van der Waals surface area (Å²) in [7, 11) is 0. The normalized spacial score (nSPS) is 22.1. The molecule has 32 heavy (non-hydrogen) atoms. The van der Waals surface area contributed by atoms with Gasteiger partial charge in [0.25, 0.3) is 0 Å². The predicted octanol–water partition coefficient (Wildman–Crippen LogP) is 2.25. The van der Waals surface area contributed by atoms with E-state index in [2.05, 4.69) is 14.9 Å². The Bertz CT molecular complexity index is 975. The van der Waals surface area contributed by atoms with Crippen molar-refractivity contribution < 1.29 is 23.1 Å². The van der Waals surface area contributed by atoms with Gasteiger partial charge in [-0.1, -0.05) is 19.1 Å². The van der Waals surface area contributed by atoms with E-state index in [4.69, 9.17) is 5.73 Å². The Morgan fingerprint density at radius 2 is 1.84 bits per heavy atom. The zero-order chi connectivity index (χ0) is 23.0. The van der Waals surface area contributed by atoms with E-state index in [9.17, 15) is 23.1 Å². The van der Waals surface area contributed by atoms with Crippen LogP contribution in [0.1, 0.15) is 47.8 Å². The van der Waals surface area contributed by atoms with Crippen molar-refractivity contribution in [2.24, 2.45) is 5.73 Å². The van der Waals surface area contributed by atoms with Crippen LogP contribution < -0.4 is 10.6 Å². The molecule has 0 bridgehead atoms. The van der Waals surface area contributed by atoms with Crippen molar-refractivity contribution >= 4 is 11.7 Å². The van der Waals surface area contributed by atoms with Crippen LogP contribution in [0.15, 0.2) is 30.6 Å². The van der Waals surface area contributed by atoms with Gasteiger partial charge in [-0.2, -0.15) is 13.2 Å². The summed E-state index contributed by atoms with van der Waals surface area (Å²) in [6.45, 7) is 4.13. The maximum atomic E-state index is 12.8. The molecular formula is C22H26F3N5O2. The third kappa shape index (κ3) is 4.42. The molecule has 3 N–H and O–H groups in total. The molecule has 1 amide bonds. The molecular weight excluding hydrogens is 423 g/mol. The molecule has 1 aromatic heterocycles. The molecule has 7 nitrogen and oxygen atoms in total. The first-order valence-electron chi connectivity index (χ1n) is 10.6. The lowest BCUT2D eigenvalue weighted by molar-refractivity contribution is -0.137.